The second-order valence-corrected chi connectivity index (χ2v) is 7.32. The molecular formula is C18H34IN3O2. The lowest BCUT2D eigenvalue weighted by atomic mass is 9.65. The largest absolute Gasteiger partial charge is 0.379 e. The van der Waals surface area contributed by atoms with Crippen molar-refractivity contribution in [2.45, 2.75) is 58.0 Å². The molecule has 1 atom stereocenters. The van der Waals surface area contributed by atoms with Crippen molar-refractivity contribution in [3.63, 3.8) is 0 Å². The molecule has 24 heavy (non-hydrogen) atoms. The van der Waals surface area contributed by atoms with Crippen LogP contribution in [-0.4, -0.2) is 51.5 Å². The van der Waals surface area contributed by atoms with Gasteiger partial charge < -0.3 is 20.1 Å². The van der Waals surface area contributed by atoms with E-state index in [4.69, 9.17) is 14.5 Å². The number of hydrogen-bond acceptors (Lipinski definition) is 3. The molecule has 0 aromatic heterocycles. The van der Waals surface area contributed by atoms with Crippen molar-refractivity contribution in [2.24, 2.45) is 16.3 Å². The van der Waals surface area contributed by atoms with E-state index in [1.807, 2.05) is 0 Å². The van der Waals surface area contributed by atoms with Gasteiger partial charge in [0, 0.05) is 32.8 Å². The molecule has 1 unspecified atom stereocenters. The lowest BCUT2D eigenvalue weighted by Gasteiger charge is -2.41. The number of nitrogens with one attached hydrogen (secondary N) is 2. The van der Waals surface area contributed by atoms with Gasteiger partial charge in [-0.05, 0) is 56.8 Å². The number of guanidine groups is 1. The number of aliphatic imine (C=N–C) groups is 1. The standard InChI is InChI=1S/C18H33N3O2.HI/c1-2-19-17(20-10-4-11-23-16-7-12-22-13-16)21-14-18(8-3-9-18)15-5-6-15;/h15-16H,2-14H2,1H3,(H2,19,20,21);1H. The lowest BCUT2D eigenvalue weighted by Crippen LogP contribution is -2.41. The van der Waals surface area contributed by atoms with Gasteiger partial charge in [-0.25, -0.2) is 0 Å². The summed E-state index contributed by atoms with van der Waals surface area (Å²) in [6.07, 6.45) is 9.40. The second-order valence-electron chi connectivity index (χ2n) is 7.32. The van der Waals surface area contributed by atoms with Crippen LogP contribution in [0.3, 0.4) is 0 Å². The van der Waals surface area contributed by atoms with Gasteiger partial charge in [-0.15, -0.1) is 24.0 Å². The van der Waals surface area contributed by atoms with E-state index >= 15 is 0 Å². The Bertz CT molecular complexity index is 392. The highest BCUT2D eigenvalue weighted by atomic mass is 127. The van der Waals surface area contributed by atoms with E-state index in [2.05, 4.69) is 17.6 Å². The predicted octanol–water partition coefficient (Wildman–Crippen LogP) is 2.94. The zero-order valence-electron chi connectivity index (χ0n) is 15.0. The van der Waals surface area contributed by atoms with E-state index in [-0.39, 0.29) is 24.0 Å². The average molecular weight is 451 g/mol. The maximum absolute atomic E-state index is 5.80. The van der Waals surface area contributed by atoms with Crippen molar-refractivity contribution in [2.75, 3.05) is 39.5 Å². The van der Waals surface area contributed by atoms with Crippen LogP contribution in [0.4, 0.5) is 0 Å². The summed E-state index contributed by atoms with van der Waals surface area (Å²) in [4.78, 5) is 4.88. The van der Waals surface area contributed by atoms with Crippen LogP contribution >= 0.6 is 24.0 Å². The molecule has 2 N–H and O–H groups in total. The molecule has 1 aliphatic heterocycles. The molecule has 0 bridgehead atoms. The first-order valence-corrected chi connectivity index (χ1v) is 9.54. The fourth-order valence-electron chi connectivity index (χ4n) is 3.77. The van der Waals surface area contributed by atoms with Gasteiger partial charge >= 0.3 is 0 Å². The van der Waals surface area contributed by atoms with Crippen LogP contribution < -0.4 is 10.6 Å². The Labute approximate surface area is 163 Å². The van der Waals surface area contributed by atoms with Crippen LogP contribution in [0.2, 0.25) is 0 Å². The minimum absolute atomic E-state index is 0. The van der Waals surface area contributed by atoms with Crippen molar-refractivity contribution in [3.8, 4) is 0 Å². The summed E-state index contributed by atoms with van der Waals surface area (Å²) in [7, 11) is 0. The number of halogens is 1. The lowest BCUT2D eigenvalue weighted by molar-refractivity contribution is 0.0420. The van der Waals surface area contributed by atoms with Crippen LogP contribution in [0.25, 0.3) is 0 Å². The van der Waals surface area contributed by atoms with Gasteiger partial charge in [0.25, 0.3) is 0 Å². The molecule has 3 rings (SSSR count). The Kier molecular flexibility index (Phi) is 8.57. The number of hydrogen-bond donors (Lipinski definition) is 2. The molecule has 140 valence electrons. The summed E-state index contributed by atoms with van der Waals surface area (Å²) >= 11 is 0. The molecule has 0 radical (unpaired) electrons. The molecule has 3 fully saturated rings. The zero-order valence-corrected chi connectivity index (χ0v) is 17.3. The first-order valence-electron chi connectivity index (χ1n) is 9.54. The summed E-state index contributed by atoms with van der Waals surface area (Å²) in [6.45, 7) is 7.37. The molecule has 2 aliphatic carbocycles. The molecule has 0 amide bonds. The number of rotatable bonds is 9. The molecule has 0 aromatic rings. The molecule has 1 heterocycles. The van der Waals surface area contributed by atoms with Crippen molar-refractivity contribution in [1.29, 1.82) is 0 Å². The highest BCUT2D eigenvalue weighted by Gasteiger charge is 2.48. The Morgan fingerprint density at radius 1 is 1.25 bits per heavy atom. The quantitative estimate of drug-likeness (QED) is 0.245. The Balaban J connectivity index is 0.00000208. The summed E-state index contributed by atoms with van der Waals surface area (Å²) < 4.78 is 11.1. The fourth-order valence-corrected chi connectivity index (χ4v) is 3.77. The molecule has 0 spiro atoms. The van der Waals surface area contributed by atoms with E-state index in [1.54, 1.807) is 0 Å². The van der Waals surface area contributed by atoms with Crippen molar-refractivity contribution < 1.29 is 9.47 Å². The Morgan fingerprint density at radius 3 is 2.67 bits per heavy atom. The molecule has 0 aromatic carbocycles. The molecule has 1 saturated heterocycles. The Hall–Kier alpha value is -0.0800. The van der Waals surface area contributed by atoms with Crippen LogP contribution in [0.15, 0.2) is 4.99 Å². The van der Waals surface area contributed by atoms with Gasteiger partial charge in [0.2, 0.25) is 0 Å². The maximum atomic E-state index is 5.80. The van der Waals surface area contributed by atoms with Crippen molar-refractivity contribution in [1.82, 2.24) is 10.6 Å². The van der Waals surface area contributed by atoms with Gasteiger partial charge in [-0.3, -0.25) is 4.99 Å². The summed E-state index contributed by atoms with van der Waals surface area (Å²) in [5, 5.41) is 6.83. The van der Waals surface area contributed by atoms with E-state index < -0.39 is 0 Å². The molecular weight excluding hydrogens is 417 g/mol. The monoisotopic (exact) mass is 451 g/mol. The maximum Gasteiger partial charge on any atom is 0.191 e. The third-order valence-corrected chi connectivity index (χ3v) is 5.54. The predicted molar refractivity (Wildman–Crippen MR) is 108 cm³/mol. The van der Waals surface area contributed by atoms with E-state index in [9.17, 15) is 0 Å². The highest BCUT2D eigenvalue weighted by Crippen LogP contribution is 2.57. The van der Waals surface area contributed by atoms with Gasteiger partial charge in [-0.2, -0.15) is 0 Å². The topological polar surface area (TPSA) is 54.9 Å². The first kappa shape index (κ1) is 20.2. The van der Waals surface area contributed by atoms with E-state index in [0.717, 1.165) is 64.2 Å². The van der Waals surface area contributed by atoms with Gasteiger partial charge in [0.15, 0.2) is 5.96 Å². The number of ether oxygens (including phenoxy) is 2. The smallest absolute Gasteiger partial charge is 0.191 e. The van der Waals surface area contributed by atoms with Crippen LogP contribution in [-0.2, 0) is 9.47 Å². The van der Waals surface area contributed by atoms with Crippen molar-refractivity contribution in [3.05, 3.63) is 0 Å². The minimum atomic E-state index is 0. The van der Waals surface area contributed by atoms with Gasteiger partial charge in [0.05, 0.1) is 12.7 Å². The minimum Gasteiger partial charge on any atom is -0.379 e. The van der Waals surface area contributed by atoms with Crippen LogP contribution in [0.1, 0.15) is 51.9 Å². The summed E-state index contributed by atoms with van der Waals surface area (Å²) in [6, 6.07) is 0. The van der Waals surface area contributed by atoms with Crippen molar-refractivity contribution >= 4 is 29.9 Å². The average Bonchev–Trinajstić information content (AvgIpc) is 3.22. The zero-order chi connectivity index (χ0) is 16.0. The molecule has 5 nitrogen and oxygen atoms in total. The summed E-state index contributed by atoms with van der Waals surface area (Å²) in [5.74, 6) is 1.94. The number of nitrogens with zero attached hydrogens (tertiary/aromatic N) is 1. The third-order valence-electron chi connectivity index (χ3n) is 5.54. The molecule has 6 heteroatoms. The SMILES string of the molecule is CCNC(=NCC1(C2CC2)CCC1)NCCCOC1CCOC1.I. The van der Waals surface area contributed by atoms with Crippen LogP contribution in [0, 0.1) is 11.3 Å². The molecule has 2 saturated carbocycles. The molecule has 3 aliphatic rings. The third kappa shape index (κ3) is 5.73. The van der Waals surface area contributed by atoms with Gasteiger partial charge in [0.1, 0.15) is 0 Å². The normalized spacial score (nSPS) is 25.7. The van der Waals surface area contributed by atoms with Gasteiger partial charge in [-0.1, -0.05) is 6.42 Å². The van der Waals surface area contributed by atoms with E-state index in [0.29, 0.717) is 11.5 Å². The Morgan fingerprint density at radius 2 is 2.08 bits per heavy atom. The second kappa shape index (κ2) is 10.2. The highest BCUT2D eigenvalue weighted by molar-refractivity contribution is 14.0. The first-order chi connectivity index (χ1) is 11.3. The van der Waals surface area contributed by atoms with Crippen LogP contribution in [0.5, 0.6) is 0 Å². The van der Waals surface area contributed by atoms with E-state index in [1.165, 1.54) is 32.1 Å². The fraction of sp³-hybridized carbons (Fsp3) is 0.944. The summed E-state index contributed by atoms with van der Waals surface area (Å²) in [5.41, 5.74) is 0.550.